The number of nitrogens with one attached hydrogen (secondary N) is 2. The molecule has 35 heavy (non-hydrogen) atoms. The number of nitro benzene ring substituents is 1. The summed E-state index contributed by atoms with van der Waals surface area (Å²) in [5.41, 5.74) is -0.273. The van der Waals surface area contributed by atoms with E-state index >= 15 is 0 Å². The number of aliphatic hydroxyl groups is 1. The van der Waals surface area contributed by atoms with E-state index in [9.17, 15) is 20.5 Å². The van der Waals surface area contributed by atoms with Crippen molar-refractivity contribution in [3.8, 4) is 11.9 Å². The van der Waals surface area contributed by atoms with Crippen molar-refractivity contribution in [1.29, 1.82) is 5.26 Å². The van der Waals surface area contributed by atoms with Gasteiger partial charge in [0.15, 0.2) is 11.9 Å². The van der Waals surface area contributed by atoms with E-state index in [4.69, 9.17) is 14.2 Å². The first kappa shape index (κ1) is 25.9. The highest BCUT2D eigenvalue weighted by Gasteiger charge is 2.53. The average molecular weight is 484 g/mol. The van der Waals surface area contributed by atoms with E-state index in [1.54, 1.807) is 27.0 Å². The summed E-state index contributed by atoms with van der Waals surface area (Å²) < 4.78 is 17.6. The number of aliphatic imine (C=N–C) groups is 1. The molecule has 186 valence electrons. The third kappa shape index (κ3) is 5.86. The van der Waals surface area contributed by atoms with Crippen LogP contribution in [0.5, 0.6) is 5.75 Å². The average Bonchev–Trinajstić information content (AvgIpc) is 2.85. The van der Waals surface area contributed by atoms with Gasteiger partial charge in [0.2, 0.25) is 12.2 Å². The van der Waals surface area contributed by atoms with Crippen molar-refractivity contribution in [3.63, 3.8) is 0 Å². The third-order valence-electron chi connectivity index (χ3n) is 5.63. The maximum atomic E-state index is 11.5. The number of guanidine groups is 1. The van der Waals surface area contributed by atoms with Crippen molar-refractivity contribution in [2.24, 2.45) is 4.99 Å². The zero-order valence-corrected chi connectivity index (χ0v) is 19.8. The molecule has 0 saturated heterocycles. The van der Waals surface area contributed by atoms with E-state index < -0.39 is 29.0 Å². The quantitative estimate of drug-likeness (QED) is 0.122. The Kier molecular flexibility index (Phi) is 8.59. The van der Waals surface area contributed by atoms with Crippen molar-refractivity contribution in [1.82, 2.24) is 10.6 Å². The molecule has 1 aliphatic heterocycles. The molecule has 0 saturated carbocycles. The van der Waals surface area contributed by atoms with Crippen LogP contribution >= 0.6 is 0 Å². The van der Waals surface area contributed by atoms with E-state index in [1.807, 2.05) is 30.3 Å². The first-order valence-corrected chi connectivity index (χ1v) is 11.2. The molecule has 0 fully saturated rings. The van der Waals surface area contributed by atoms with Gasteiger partial charge < -0.3 is 30.0 Å². The minimum atomic E-state index is -1.38. The van der Waals surface area contributed by atoms with Gasteiger partial charge >= 0.3 is 0 Å². The second kappa shape index (κ2) is 11.6. The maximum absolute atomic E-state index is 11.5. The number of benzene rings is 2. The summed E-state index contributed by atoms with van der Waals surface area (Å²) in [5.74, 6) is 0.399. The molecule has 0 aromatic heterocycles. The van der Waals surface area contributed by atoms with E-state index in [1.165, 1.54) is 18.2 Å². The van der Waals surface area contributed by atoms with Gasteiger partial charge in [-0.3, -0.25) is 10.1 Å². The van der Waals surface area contributed by atoms with Crippen molar-refractivity contribution < 1.29 is 24.2 Å². The molecule has 0 aliphatic carbocycles. The molecule has 0 bridgehead atoms. The standard InChI is InChI=1S/C24H29N5O6/c1-4-33-22(34-5-2)24(3)21(30)20(18-13-17(29(31)32)11-12-19(18)35-24)28-23(27-15-25)26-14-16-9-7-6-8-10-16/h6-13,20-22,30H,4-5,14H2,1-3H3,(H2,26,27,28). The lowest BCUT2D eigenvalue weighted by Gasteiger charge is -2.47. The zero-order valence-electron chi connectivity index (χ0n) is 19.8. The highest BCUT2D eigenvalue weighted by Crippen LogP contribution is 2.43. The maximum Gasteiger partial charge on any atom is 0.270 e. The molecule has 3 N–H and O–H groups in total. The fourth-order valence-electron chi connectivity index (χ4n) is 3.91. The van der Waals surface area contributed by atoms with Gasteiger partial charge in [-0.2, -0.15) is 5.26 Å². The number of fused-ring (bicyclic) bond motifs is 1. The first-order valence-electron chi connectivity index (χ1n) is 11.2. The summed E-state index contributed by atoms with van der Waals surface area (Å²) in [4.78, 5) is 14.7. The smallest absolute Gasteiger partial charge is 0.270 e. The molecule has 3 rings (SSSR count). The molecule has 2 aromatic carbocycles. The van der Waals surface area contributed by atoms with Gasteiger partial charge in [0.25, 0.3) is 5.69 Å². The molecule has 11 heteroatoms. The van der Waals surface area contributed by atoms with Crippen molar-refractivity contribution in [3.05, 3.63) is 69.8 Å². The predicted octanol–water partition coefficient (Wildman–Crippen LogP) is 2.76. The molecule has 0 radical (unpaired) electrons. The van der Waals surface area contributed by atoms with Gasteiger partial charge in [-0.05, 0) is 32.4 Å². The van der Waals surface area contributed by atoms with Crippen LogP contribution in [0.1, 0.15) is 37.9 Å². The SMILES string of the molecule is CCOC(OCC)C1(C)Oc2ccc([N+](=O)[O-])cc2C(NC(=NC#N)NCc2ccccc2)C1O. The lowest BCUT2D eigenvalue weighted by Crippen LogP contribution is -2.63. The molecule has 1 aliphatic rings. The Morgan fingerprint density at radius 3 is 2.57 bits per heavy atom. The van der Waals surface area contributed by atoms with Gasteiger partial charge in [-0.25, -0.2) is 0 Å². The highest BCUT2D eigenvalue weighted by atomic mass is 16.7. The zero-order chi connectivity index (χ0) is 25.4. The monoisotopic (exact) mass is 483 g/mol. The van der Waals surface area contributed by atoms with Crippen LogP contribution < -0.4 is 15.4 Å². The fourth-order valence-corrected chi connectivity index (χ4v) is 3.91. The Labute approximate surface area is 203 Å². The summed E-state index contributed by atoms with van der Waals surface area (Å²) >= 11 is 0. The number of hydrogen-bond acceptors (Lipinski definition) is 8. The molecule has 3 atom stereocenters. The number of rotatable bonds is 9. The van der Waals surface area contributed by atoms with Crippen LogP contribution in [0, 0.1) is 21.6 Å². The van der Waals surface area contributed by atoms with E-state index in [0.717, 1.165) is 5.56 Å². The molecule has 3 unspecified atom stereocenters. The van der Waals surface area contributed by atoms with Crippen LogP contribution in [-0.2, 0) is 16.0 Å². The number of hydrogen-bond donors (Lipinski definition) is 3. The Morgan fingerprint density at radius 2 is 1.97 bits per heavy atom. The van der Waals surface area contributed by atoms with Gasteiger partial charge in [-0.15, -0.1) is 4.99 Å². The predicted molar refractivity (Wildman–Crippen MR) is 127 cm³/mol. The van der Waals surface area contributed by atoms with Crippen molar-refractivity contribution in [2.75, 3.05) is 13.2 Å². The van der Waals surface area contributed by atoms with Crippen LogP contribution in [0.25, 0.3) is 0 Å². The lowest BCUT2D eigenvalue weighted by molar-refractivity contribution is -0.385. The summed E-state index contributed by atoms with van der Waals surface area (Å²) in [6.07, 6.45) is -0.501. The number of non-ortho nitro benzene ring substituents is 1. The summed E-state index contributed by atoms with van der Waals surface area (Å²) in [7, 11) is 0. The third-order valence-corrected chi connectivity index (χ3v) is 5.63. The van der Waals surface area contributed by atoms with Crippen LogP contribution in [0.15, 0.2) is 53.5 Å². The summed E-state index contributed by atoms with van der Waals surface area (Å²) in [6, 6.07) is 12.7. The van der Waals surface area contributed by atoms with E-state index in [2.05, 4.69) is 15.6 Å². The largest absolute Gasteiger partial charge is 0.479 e. The second-order valence-corrected chi connectivity index (χ2v) is 7.97. The Hall–Kier alpha value is -3.72. The molecule has 0 amide bonds. The highest BCUT2D eigenvalue weighted by molar-refractivity contribution is 5.81. The van der Waals surface area contributed by atoms with Gasteiger partial charge in [0.05, 0.1) is 11.0 Å². The molecule has 1 heterocycles. The number of nitro groups is 1. The topological polar surface area (TPSA) is 151 Å². The number of nitrogens with zero attached hydrogens (tertiary/aromatic N) is 3. The lowest BCUT2D eigenvalue weighted by atomic mass is 9.84. The Balaban J connectivity index is 2.00. The van der Waals surface area contributed by atoms with Gasteiger partial charge in [0.1, 0.15) is 11.9 Å². The number of nitriles is 1. The van der Waals surface area contributed by atoms with E-state index in [-0.39, 0.29) is 11.6 Å². The number of ether oxygens (including phenoxy) is 3. The minimum absolute atomic E-state index is 0.0893. The summed E-state index contributed by atoms with van der Waals surface area (Å²) in [5, 5.41) is 38.3. The van der Waals surface area contributed by atoms with Gasteiger partial charge in [-0.1, -0.05) is 30.3 Å². The molecular formula is C24H29N5O6. The molecule has 2 aromatic rings. The Morgan fingerprint density at radius 1 is 1.29 bits per heavy atom. The van der Waals surface area contributed by atoms with Crippen molar-refractivity contribution in [2.45, 2.75) is 51.4 Å². The normalized spacial score (nSPS) is 21.5. The van der Waals surface area contributed by atoms with Gasteiger partial charge in [0, 0.05) is 37.5 Å². The summed E-state index contributed by atoms with van der Waals surface area (Å²) in [6.45, 7) is 6.20. The number of aliphatic hydroxyl groups excluding tert-OH is 1. The first-order chi connectivity index (χ1) is 16.8. The fraction of sp³-hybridized carbons (Fsp3) is 0.417. The minimum Gasteiger partial charge on any atom is -0.479 e. The molecule has 11 nitrogen and oxygen atoms in total. The second-order valence-electron chi connectivity index (χ2n) is 7.97. The molecule has 0 spiro atoms. The Bertz CT molecular complexity index is 1080. The van der Waals surface area contributed by atoms with Crippen LogP contribution in [0.4, 0.5) is 5.69 Å². The van der Waals surface area contributed by atoms with Crippen LogP contribution in [0.2, 0.25) is 0 Å². The molecular weight excluding hydrogens is 454 g/mol. The van der Waals surface area contributed by atoms with E-state index in [0.29, 0.717) is 31.1 Å². The van der Waals surface area contributed by atoms with Crippen LogP contribution in [-0.4, -0.2) is 47.2 Å². The van der Waals surface area contributed by atoms with Crippen LogP contribution in [0.3, 0.4) is 0 Å². The van der Waals surface area contributed by atoms with Crippen molar-refractivity contribution >= 4 is 11.6 Å².